The molecule has 1 aliphatic heterocycles. The van der Waals surface area contributed by atoms with Crippen LogP contribution >= 0.6 is 0 Å². The molecule has 0 unspecified atom stereocenters. The van der Waals surface area contributed by atoms with Crippen molar-refractivity contribution in [2.75, 3.05) is 26.9 Å². The summed E-state index contributed by atoms with van der Waals surface area (Å²) in [5, 5.41) is 0. The Hall–Kier alpha value is -1.26. The summed E-state index contributed by atoms with van der Waals surface area (Å²) < 4.78 is 16.4. The van der Waals surface area contributed by atoms with Crippen LogP contribution < -0.4 is 15.2 Å². The van der Waals surface area contributed by atoms with Crippen LogP contribution in [0.3, 0.4) is 0 Å². The van der Waals surface area contributed by atoms with Gasteiger partial charge in [0.2, 0.25) is 0 Å². The maximum absolute atomic E-state index is 5.84. The molecule has 2 rings (SSSR count). The normalized spacial score (nSPS) is 16.6. The van der Waals surface area contributed by atoms with Gasteiger partial charge in [0.15, 0.2) is 0 Å². The quantitative estimate of drug-likeness (QED) is 0.869. The minimum absolute atomic E-state index is 0.491. The predicted octanol–water partition coefficient (Wildman–Crippen LogP) is 1.96. The lowest BCUT2D eigenvalue weighted by molar-refractivity contribution is 0.0497. The molecule has 4 heteroatoms. The molecule has 0 spiro atoms. The maximum Gasteiger partial charge on any atom is 0.123 e. The highest BCUT2D eigenvalue weighted by molar-refractivity contribution is 5.38. The van der Waals surface area contributed by atoms with Gasteiger partial charge in [-0.25, -0.2) is 0 Å². The Morgan fingerprint density at radius 1 is 1.22 bits per heavy atom. The monoisotopic (exact) mass is 251 g/mol. The summed E-state index contributed by atoms with van der Waals surface area (Å²) in [5.74, 6) is 2.22. The average molecular weight is 251 g/mol. The summed E-state index contributed by atoms with van der Waals surface area (Å²) in [6, 6.07) is 5.81. The molecule has 18 heavy (non-hydrogen) atoms. The molecule has 0 amide bonds. The van der Waals surface area contributed by atoms with Crippen molar-refractivity contribution in [3.8, 4) is 11.5 Å². The summed E-state index contributed by atoms with van der Waals surface area (Å²) in [6.45, 7) is 2.92. The molecule has 1 aromatic carbocycles. The standard InChI is InChI=1S/C14H21NO3/c1-16-13-6-12(9-15)7-14(8-13)18-10-11-2-4-17-5-3-11/h6-8,11H,2-5,9-10,15H2,1H3. The zero-order valence-electron chi connectivity index (χ0n) is 10.9. The van der Waals surface area contributed by atoms with E-state index in [0.717, 1.165) is 49.7 Å². The highest BCUT2D eigenvalue weighted by atomic mass is 16.5. The van der Waals surface area contributed by atoms with Crippen LogP contribution in [0.5, 0.6) is 11.5 Å². The van der Waals surface area contributed by atoms with Crippen LogP contribution in [-0.2, 0) is 11.3 Å². The summed E-state index contributed by atoms with van der Waals surface area (Å²) in [7, 11) is 1.65. The van der Waals surface area contributed by atoms with E-state index in [1.54, 1.807) is 7.11 Å². The van der Waals surface area contributed by atoms with Gasteiger partial charge in [-0.3, -0.25) is 0 Å². The first kappa shape index (κ1) is 13.2. The Balaban J connectivity index is 1.94. The summed E-state index contributed by atoms with van der Waals surface area (Å²) in [5.41, 5.74) is 6.68. The number of hydrogen-bond donors (Lipinski definition) is 1. The predicted molar refractivity (Wildman–Crippen MR) is 69.9 cm³/mol. The first-order valence-electron chi connectivity index (χ1n) is 6.40. The van der Waals surface area contributed by atoms with Crippen molar-refractivity contribution in [2.24, 2.45) is 11.7 Å². The van der Waals surface area contributed by atoms with Crippen LogP contribution in [0.2, 0.25) is 0 Å². The van der Waals surface area contributed by atoms with Crippen LogP contribution in [0.15, 0.2) is 18.2 Å². The zero-order valence-corrected chi connectivity index (χ0v) is 10.9. The van der Waals surface area contributed by atoms with Crippen molar-refractivity contribution in [3.63, 3.8) is 0 Å². The smallest absolute Gasteiger partial charge is 0.123 e. The molecule has 1 saturated heterocycles. The molecule has 1 aliphatic rings. The third-order valence-electron chi connectivity index (χ3n) is 3.24. The Labute approximate surface area is 108 Å². The fourth-order valence-corrected chi connectivity index (χ4v) is 2.08. The average Bonchev–Trinajstić information content (AvgIpc) is 2.45. The van der Waals surface area contributed by atoms with E-state index >= 15 is 0 Å². The Morgan fingerprint density at radius 3 is 2.61 bits per heavy atom. The van der Waals surface area contributed by atoms with E-state index in [1.165, 1.54) is 0 Å². The Bertz CT molecular complexity index is 353. The zero-order chi connectivity index (χ0) is 12.8. The van der Waals surface area contributed by atoms with E-state index in [1.807, 2.05) is 18.2 Å². The van der Waals surface area contributed by atoms with Crippen LogP contribution in [0, 0.1) is 5.92 Å². The van der Waals surface area contributed by atoms with Gasteiger partial charge in [-0.15, -0.1) is 0 Å². The molecule has 100 valence electrons. The fraction of sp³-hybridized carbons (Fsp3) is 0.571. The molecule has 1 heterocycles. The third-order valence-corrected chi connectivity index (χ3v) is 3.24. The highest BCUT2D eigenvalue weighted by Crippen LogP contribution is 2.24. The van der Waals surface area contributed by atoms with Gasteiger partial charge in [-0.05, 0) is 36.5 Å². The number of methoxy groups -OCH3 is 1. The van der Waals surface area contributed by atoms with Gasteiger partial charge < -0.3 is 19.9 Å². The lowest BCUT2D eigenvalue weighted by Gasteiger charge is -2.22. The molecule has 0 saturated carbocycles. The van der Waals surface area contributed by atoms with Gasteiger partial charge in [0.25, 0.3) is 0 Å². The van der Waals surface area contributed by atoms with Gasteiger partial charge in [0, 0.05) is 25.8 Å². The largest absolute Gasteiger partial charge is 0.497 e. The van der Waals surface area contributed by atoms with Gasteiger partial charge in [-0.2, -0.15) is 0 Å². The highest BCUT2D eigenvalue weighted by Gasteiger charge is 2.14. The molecule has 0 atom stereocenters. The van der Waals surface area contributed by atoms with Crippen molar-refractivity contribution < 1.29 is 14.2 Å². The molecule has 0 radical (unpaired) electrons. The molecule has 4 nitrogen and oxygen atoms in total. The molecule has 2 N–H and O–H groups in total. The van der Waals surface area contributed by atoms with Crippen molar-refractivity contribution in [1.82, 2.24) is 0 Å². The number of ether oxygens (including phenoxy) is 3. The summed E-state index contributed by atoms with van der Waals surface area (Å²) in [4.78, 5) is 0. The topological polar surface area (TPSA) is 53.7 Å². The second-order valence-corrected chi connectivity index (χ2v) is 4.59. The lowest BCUT2D eigenvalue weighted by Crippen LogP contribution is -2.21. The molecule has 0 aromatic heterocycles. The lowest BCUT2D eigenvalue weighted by atomic mass is 10.0. The van der Waals surface area contributed by atoms with E-state index in [9.17, 15) is 0 Å². The minimum Gasteiger partial charge on any atom is -0.497 e. The van der Waals surface area contributed by atoms with Gasteiger partial charge in [0.05, 0.1) is 13.7 Å². The SMILES string of the molecule is COc1cc(CN)cc(OCC2CCOCC2)c1. The number of hydrogen-bond acceptors (Lipinski definition) is 4. The molecular formula is C14H21NO3. The molecule has 0 aliphatic carbocycles. The van der Waals surface area contributed by atoms with Crippen molar-refractivity contribution in [3.05, 3.63) is 23.8 Å². The van der Waals surface area contributed by atoms with Crippen LogP contribution in [0.4, 0.5) is 0 Å². The summed E-state index contributed by atoms with van der Waals surface area (Å²) >= 11 is 0. The van der Waals surface area contributed by atoms with Crippen molar-refractivity contribution >= 4 is 0 Å². The molecule has 1 fully saturated rings. The molecule has 1 aromatic rings. The van der Waals surface area contributed by atoms with E-state index in [0.29, 0.717) is 12.5 Å². The van der Waals surface area contributed by atoms with E-state index in [2.05, 4.69) is 0 Å². The number of benzene rings is 1. The fourth-order valence-electron chi connectivity index (χ4n) is 2.08. The first-order chi connectivity index (χ1) is 8.81. The van der Waals surface area contributed by atoms with Crippen LogP contribution in [0.25, 0.3) is 0 Å². The third kappa shape index (κ3) is 3.62. The van der Waals surface area contributed by atoms with Gasteiger partial charge in [-0.1, -0.05) is 0 Å². The van der Waals surface area contributed by atoms with Gasteiger partial charge >= 0.3 is 0 Å². The number of rotatable bonds is 5. The van der Waals surface area contributed by atoms with E-state index in [4.69, 9.17) is 19.9 Å². The number of nitrogens with two attached hydrogens (primary N) is 1. The van der Waals surface area contributed by atoms with E-state index < -0.39 is 0 Å². The second-order valence-electron chi connectivity index (χ2n) is 4.59. The van der Waals surface area contributed by atoms with Gasteiger partial charge in [0.1, 0.15) is 11.5 Å². The first-order valence-corrected chi connectivity index (χ1v) is 6.40. The van der Waals surface area contributed by atoms with Crippen molar-refractivity contribution in [1.29, 1.82) is 0 Å². The van der Waals surface area contributed by atoms with Crippen molar-refractivity contribution in [2.45, 2.75) is 19.4 Å². The second kappa shape index (κ2) is 6.61. The van der Waals surface area contributed by atoms with E-state index in [-0.39, 0.29) is 0 Å². The Morgan fingerprint density at radius 2 is 1.94 bits per heavy atom. The Kier molecular flexibility index (Phi) is 4.84. The molecular weight excluding hydrogens is 230 g/mol. The minimum atomic E-state index is 0.491. The summed E-state index contributed by atoms with van der Waals surface area (Å²) in [6.07, 6.45) is 2.15. The van der Waals surface area contributed by atoms with Crippen LogP contribution in [0.1, 0.15) is 18.4 Å². The molecule has 0 bridgehead atoms. The maximum atomic E-state index is 5.84. The van der Waals surface area contributed by atoms with Crippen LogP contribution in [-0.4, -0.2) is 26.9 Å².